The molecule has 3 aromatic carbocycles. The number of ketones is 1. The third-order valence-corrected chi connectivity index (χ3v) is 5.04. The lowest BCUT2D eigenvalue weighted by Gasteiger charge is -2.16. The Bertz CT molecular complexity index is 1140. The van der Waals surface area contributed by atoms with E-state index in [0.717, 1.165) is 11.1 Å². The van der Waals surface area contributed by atoms with E-state index in [-0.39, 0.29) is 16.9 Å². The normalized spacial score (nSPS) is 11.5. The molecule has 3 rings (SSSR count). The number of carbonyl (C=O) groups is 3. The van der Waals surface area contributed by atoms with E-state index in [1.165, 1.54) is 13.0 Å². The van der Waals surface area contributed by atoms with Gasteiger partial charge in [-0.15, -0.1) is 0 Å². The van der Waals surface area contributed by atoms with E-state index in [1.54, 1.807) is 48.5 Å². The Morgan fingerprint density at radius 1 is 0.903 bits per heavy atom. The van der Waals surface area contributed by atoms with E-state index in [9.17, 15) is 14.4 Å². The first-order chi connectivity index (χ1) is 14.8. The molecule has 0 aliphatic heterocycles. The Morgan fingerprint density at radius 2 is 1.55 bits per heavy atom. The number of benzene rings is 3. The van der Waals surface area contributed by atoms with Crippen molar-refractivity contribution < 1.29 is 19.1 Å². The number of halogens is 1. The largest absolute Gasteiger partial charge is 0.449 e. The van der Waals surface area contributed by atoms with Crippen LogP contribution in [0.2, 0.25) is 5.02 Å². The SMILES string of the molecule is Cc1ccc(NC(=O)C(C)OC(=O)c2ccccc2C(=O)c2ccc(Cl)cc2)c(C)c1. The van der Waals surface area contributed by atoms with E-state index in [2.05, 4.69) is 5.32 Å². The second-order valence-electron chi connectivity index (χ2n) is 7.24. The number of hydrogen-bond acceptors (Lipinski definition) is 4. The minimum Gasteiger partial charge on any atom is -0.449 e. The molecule has 0 aliphatic carbocycles. The Morgan fingerprint density at radius 3 is 2.19 bits per heavy atom. The first-order valence-electron chi connectivity index (χ1n) is 9.74. The maximum absolute atomic E-state index is 12.9. The topological polar surface area (TPSA) is 72.5 Å². The van der Waals surface area contributed by atoms with Crippen molar-refractivity contribution in [3.8, 4) is 0 Å². The molecule has 158 valence electrons. The zero-order valence-corrected chi connectivity index (χ0v) is 18.2. The lowest BCUT2D eigenvalue weighted by molar-refractivity contribution is -0.123. The van der Waals surface area contributed by atoms with Crippen molar-refractivity contribution in [2.24, 2.45) is 0 Å². The van der Waals surface area contributed by atoms with Crippen molar-refractivity contribution in [2.75, 3.05) is 5.32 Å². The fraction of sp³-hybridized carbons (Fsp3) is 0.160. The van der Waals surface area contributed by atoms with Crippen LogP contribution < -0.4 is 5.32 Å². The van der Waals surface area contributed by atoms with Crippen LogP contribution in [0, 0.1) is 13.8 Å². The van der Waals surface area contributed by atoms with Crippen LogP contribution in [0.3, 0.4) is 0 Å². The molecule has 31 heavy (non-hydrogen) atoms. The van der Waals surface area contributed by atoms with Crippen LogP contribution in [-0.2, 0) is 9.53 Å². The highest BCUT2D eigenvalue weighted by atomic mass is 35.5. The van der Waals surface area contributed by atoms with Crippen LogP contribution in [0.1, 0.15) is 44.3 Å². The molecule has 0 aromatic heterocycles. The van der Waals surface area contributed by atoms with Gasteiger partial charge in [0.15, 0.2) is 11.9 Å². The fourth-order valence-electron chi connectivity index (χ4n) is 3.08. The van der Waals surface area contributed by atoms with Gasteiger partial charge in [0.05, 0.1) is 5.56 Å². The molecule has 6 heteroatoms. The summed E-state index contributed by atoms with van der Waals surface area (Å²) in [6, 6.07) is 18.4. The summed E-state index contributed by atoms with van der Waals surface area (Å²) in [6.45, 7) is 5.34. The van der Waals surface area contributed by atoms with Crippen molar-refractivity contribution >= 4 is 34.9 Å². The minimum atomic E-state index is -1.05. The van der Waals surface area contributed by atoms with Gasteiger partial charge in [-0.1, -0.05) is 47.5 Å². The molecule has 0 aliphatic rings. The fourth-order valence-corrected chi connectivity index (χ4v) is 3.21. The van der Waals surface area contributed by atoms with Crippen LogP contribution in [0.15, 0.2) is 66.7 Å². The average molecular weight is 436 g/mol. The number of esters is 1. The third kappa shape index (κ3) is 5.38. The second kappa shape index (κ2) is 9.58. The van der Waals surface area contributed by atoms with Gasteiger partial charge in [0, 0.05) is 21.8 Å². The molecule has 1 amide bonds. The molecule has 0 fully saturated rings. The number of hydrogen-bond donors (Lipinski definition) is 1. The minimum absolute atomic E-state index is 0.0913. The van der Waals surface area contributed by atoms with Crippen molar-refractivity contribution in [1.29, 1.82) is 0 Å². The molecule has 1 atom stereocenters. The first kappa shape index (κ1) is 22.2. The molecule has 0 radical (unpaired) electrons. The maximum atomic E-state index is 12.9. The van der Waals surface area contributed by atoms with Crippen molar-refractivity contribution in [3.05, 3.63) is 99.6 Å². The number of nitrogens with one attached hydrogen (secondary N) is 1. The molecule has 0 saturated heterocycles. The predicted molar refractivity (Wildman–Crippen MR) is 121 cm³/mol. The summed E-state index contributed by atoms with van der Waals surface area (Å²) in [5, 5.41) is 3.27. The lowest BCUT2D eigenvalue weighted by atomic mass is 9.98. The molecule has 0 saturated carbocycles. The average Bonchev–Trinajstić information content (AvgIpc) is 2.75. The summed E-state index contributed by atoms with van der Waals surface area (Å²) in [7, 11) is 0. The summed E-state index contributed by atoms with van der Waals surface area (Å²) in [6.07, 6.45) is -1.05. The number of carbonyl (C=O) groups excluding carboxylic acids is 3. The van der Waals surface area contributed by atoms with Gasteiger partial charge in [0.1, 0.15) is 0 Å². The Kier molecular flexibility index (Phi) is 6.88. The van der Waals surface area contributed by atoms with Crippen molar-refractivity contribution in [3.63, 3.8) is 0 Å². The second-order valence-corrected chi connectivity index (χ2v) is 7.67. The highest BCUT2D eigenvalue weighted by Gasteiger charge is 2.23. The Hall–Kier alpha value is -3.44. The van der Waals surface area contributed by atoms with E-state index < -0.39 is 18.0 Å². The van der Waals surface area contributed by atoms with Crippen LogP contribution in [0.5, 0.6) is 0 Å². The molecule has 1 unspecified atom stereocenters. The van der Waals surface area contributed by atoms with E-state index >= 15 is 0 Å². The van der Waals surface area contributed by atoms with Gasteiger partial charge in [-0.3, -0.25) is 9.59 Å². The van der Waals surface area contributed by atoms with Crippen LogP contribution in [0.4, 0.5) is 5.69 Å². The maximum Gasteiger partial charge on any atom is 0.339 e. The monoisotopic (exact) mass is 435 g/mol. The highest BCUT2D eigenvalue weighted by molar-refractivity contribution is 6.30. The van der Waals surface area contributed by atoms with Gasteiger partial charge < -0.3 is 10.1 Å². The molecular weight excluding hydrogens is 414 g/mol. The summed E-state index contributed by atoms with van der Waals surface area (Å²) in [5.41, 5.74) is 3.32. The standard InChI is InChI=1S/C25H22ClNO4/c1-15-8-13-22(16(2)14-15)27-24(29)17(3)31-25(30)21-7-5-4-6-20(21)23(28)18-9-11-19(26)12-10-18/h4-14,17H,1-3H3,(H,27,29). The molecule has 3 aromatic rings. The third-order valence-electron chi connectivity index (χ3n) is 4.79. The summed E-state index contributed by atoms with van der Waals surface area (Å²) >= 11 is 5.88. The first-order valence-corrected chi connectivity index (χ1v) is 10.1. The van der Waals surface area contributed by atoms with Gasteiger partial charge in [0.25, 0.3) is 5.91 Å². The lowest BCUT2D eigenvalue weighted by Crippen LogP contribution is -2.30. The smallest absolute Gasteiger partial charge is 0.339 e. The number of rotatable bonds is 6. The molecule has 5 nitrogen and oxygen atoms in total. The molecule has 0 heterocycles. The summed E-state index contributed by atoms with van der Waals surface area (Å²) in [5.74, 6) is -1.54. The van der Waals surface area contributed by atoms with Crippen LogP contribution >= 0.6 is 11.6 Å². The number of ether oxygens (including phenoxy) is 1. The summed E-state index contributed by atoms with van der Waals surface area (Å²) < 4.78 is 5.36. The van der Waals surface area contributed by atoms with Crippen LogP contribution in [-0.4, -0.2) is 23.8 Å². The van der Waals surface area contributed by atoms with Gasteiger partial charge in [0.2, 0.25) is 0 Å². The van der Waals surface area contributed by atoms with Crippen molar-refractivity contribution in [1.82, 2.24) is 0 Å². The van der Waals surface area contributed by atoms with Gasteiger partial charge in [-0.25, -0.2) is 4.79 Å². The zero-order chi connectivity index (χ0) is 22.5. The summed E-state index contributed by atoms with van der Waals surface area (Å²) in [4.78, 5) is 38.2. The van der Waals surface area contributed by atoms with Gasteiger partial charge >= 0.3 is 5.97 Å². The number of aryl methyl sites for hydroxylation is 2. The van der Waals surface area contributed by atoms with Gasteiger partial charge in [-0.05, 0) is 62.7 Å². The quantitative estimate of drug-likeness (QED) is 0.417. The molecule has 1 N–H and O–H groups in total. The molecule has 0 spiro atoms. The zero-order valence-electron chi connectivity index (χ0n) is 17.4. The van der Waals surface area contributed by atoms with Crippen LogP contribution in [0.25, 0.3) is 0 Å². The highest BCUT2D eigenvalue weighted by Crippen LogP contribution is 2.19. The number of amides is 1. The van der Waals surface area contributed by atoms with Crippen molar-refractivity contribution in [2.45, 2.75) is 26.9 Å². The van der Waals surface area contributed by atoms with E-state index in [4.69, 9.17) is 16.3 Å². The Balaban J connectivity index is 1.75. The van der Waals surface area contributed by atoms with E-state index in [1.807, 2.05) is 26.0 Å². The molecule has 0 bridgehead atoms. The predicted octanol–water partition coefficient (Wildman–Crippen LogP) is 5.37. The van der Waals surface area contributed by atoms with E-state index in [0.29, 0.717) is 16.3 Å². The molecular formula is C25H22ClNO4. The van der Waals surface area contributed by atoms with Gasteiger partial charge in [-0.2, -0.15) is 0 Å². The Labute approximate surface area is 186 Å². The number of anilines is 1.